The van der Waals surface area contributed by atoms with Gasteiger partial charge in [-0.1, -0.05) is 31.7 Å². The van der Waals surface area contributed by atoms with Gasteiger partial charge in [-0.2, -0.15) is 5.26 Å². The van der Waals surface area contributed by atoms with Gasteiger partial charge in [0, 0.05) is 4.90 Å². The zero-order valence-electron chi connectivity index (χ0n) is 9.79. The van der Waals surface area contributed by atoms with E-state index in [1.54, 1.807) is 6.07 Å². The van der Waals surface area contributed by atoms with Crippen molar-refractivity contribution in [3.63, 3.8) is 0 Å². The van der Waals surface area contributed by atoms with Crippen molar-refractivity contribution in [3.05, 3.63) is 30.1 Å². The maximum Gasteiger partial charge on any atom is 0.124 e. The van der Waals surface area contributed by atoms with Crippen molar-refractivity contribution in [1.82, 2.24) is 0 Å². The van der Waals surface area contributed by atoms with E-state index in [4.69, 9.17) is 0 Å². The Morgan fingerprint density at radius 1 is 1.18 bits per heavy atom. The molecule has 1 nitrogen and oxygen atoms in total. The van der Waals surface area contributed by atoms with E-state index < -0.39 is 0 Å². The molecule has 1 saturated carbocycles. The Bertz CT molecular complexity index is 416. The lowest BCUT2D eigenvalue weighted by molar-refractivity contribution is 0.614. The average Bonchev–Trinajstić information content (AvgIpc) is 2.55. The Morgan fingerprint density at radius 2 is 1.88 bits per heavy atom. The predicted octanol–water partition coefficient (Wildman–Crippen LogP) is 4.53. The number of hydrogen-bond acceptors (Lipinski definition) is 2. The van der Waals surface area contributed by atoms with E-state index in [-0.39, 0.29) is 10.6 Å². The number of nitrogens with zero attached hydrogens (tertiary/aromatic N) is 1. The van der Waals surface area contributed by atoms with Crippen LogP contribution >= 0.6 is 11.8 Å². The second kappa shape index (κ2) is 5.55. The van der Waals surface area contributed by atoms with Crippen molar-refractivity contribution in [3.8, 4) is 6.07 Å². The van der Waals surface area contributed by atoms with E-state index in [9.17, 15) is 9.65 Å². The molecule has 3 heteroatoms. The molecule has 0 aliphatic heterocycles. The quantitative estimate of drug-likeness (QED) is 0.719. The highest BCUT2D eigenvalue weighted by atomic mass is 32.2. The third kappa shape index (κ3) is 3.23. The third-order valence-corrected chi connectivity index (χ3v) is 4.60. The average molecular weight is 249 g/mol. The van der Waals surface area contributed by atoms with Crippen LogP contribution in [0.1, 0.15) is 38.5 Å². The lowest BCUT2D eigenvalue weighted by atomic mass is 10.0. The second-order valence-electron chi connectivity index (χ2n) is 4.58. The van der Waals surface area contributed by atoms with Crippen LogP contribution in [-0.4, -0.2) is 4.75 Å². The summed E-state index contributed by atoms with van der Waals surface area (Å²) < 4.78 is 12.8. The van der Waals surface area contributed by atoms with Gasteiger partial charge in [-0.25, -0.2) is 4.39 Å². The van der Waals surface area contributed by atoms with E-state index in [1.807, 2.05) is 6.07 Å². The van der Waals surface area contributed by atoms with Gasteiger partial charge in [-0.3, -0.25) is 0 Å². The summed E-state index contributed by atoms with van der Waals surface area (Å²) in [5, 5.41) is 9.43. The zero-order valence-corrected chi connectivity index (χ0v) is 10.6. The standard InChI is InChI=1S/C14H16FNS/c15-12-6-5-7-13(10-12)17-14(11-16)8-3-1-2-4-9-14/h5-7,10H,1-4,8-9H2. The number of rotatable bonds is 2. The number of benzene rings is 1. The van der Waals surface area contributed by atoms with Crippen LogP contribution in [0.25, 0.3) is 0 Å². The van der Waals surface area contributed by atoms with Gasteiger partial charge < -0.3 is 0 Å². The minimum absolute atomic E-state index is 0.225. The minimum atomic E-state index is -0.343. The van der Waals surface area contributed by atoms with Gasteiger partial charge in [0.15, 0.2) is 0 Å². The van der Waals surface area contributed by atoms with Gasteiger partial charge in [0.2, 0.25) is 0 Å². The summed E-state index contributed by atoms with van der Waals surface area (Å²) in [7, 11) is 0. The van der Waals surface area contributed by atoms with Gasteiger partial charge in [-0.05, 0) is 31.0 Å². The van der Waals surface area contributed by atoms with Crippen molar-refractivity contribution in [1.29, 1.82) is 5.26 Å². The molecule has 1 aliphatic rings. The molecule has 90 valence electrons. The molecule has 0 amide bonds. The normalized spacial score (nSPS) is 19.3. The summed E-state index contributed by atoms with van der Waals surface area (Å²) in [6.45, 7) is 0. The largest absolute Gasteiger partial charge is 0.207 e. The van der Waals surface area contributed by atoms with Crippen LogP contribution in [0.5, 0.6) is 0 Å². The van der Waals surface area contributed by atoms with Gasteiger partial charge in [0.25, 0.3) is 0 Å². The fourth-order valence-electron chi connectivity index (χ4n) is 2.29. The Balaban J connectivity index is 2.16. The van der Waals surface area contributed by atoms with Crippen LogP contribution in [0, 0.1) is 17.1 Å². The smallest absolute Gasteiger partial charge is 0.124 e. The Hall–Kier alpha value is -1.01. The first-order valence-electron chi connectivity index (χ1n) is 6.10. The highest BCUT2D eigenvalue weighted by molar-refractivity contribution is 8.01. The van der Waals surface area contributed by atoms with E-state index in [1.165, 1.54) is 36.7 Å². The second-order valence-corrected chi connectivity index (χ2v) is 6.04. The first kappa shape index (κ1) is 12.4. The van der Waals surface area contributed by atoms with Gasteiger partial charge in [0.05, 0.1) is 6.07 Å². The molecule has 0 aromatic heterocycles. The lowest BCUT2D eigenvalue weighted by Gasteiger charge is -2.24. The van der Waals surface area contributed by atoms with Crippen LogP contribution in [0.3, 0.4) is 0 Å². The van der Waals surface area contributed by atoms with Crippen molar-refractivity contribution in [2.24, 2.45) is 0 Å². The molecule has 0 radical (unpaired) electrons. The molecule has 1 aromatic carbocycles. The Labute approximate surface area is 106 Å². The Kier molecular flexibility index (Phi) is 4.06. The van der Waals surface area contributed by atoms with Crippen LogP contribution in [0.15, 0.2) is 29.2 Å². The number of halogens is 1. The molecule has 17 heavy (non-hydrogen) atoms. The molecule has 0 atom stereocenters. The molecule has 0 spiro atoms. The van der Waals surface area contributed by atoms with Crippen LogP contribution in [0.2, 0.25) is 0 Å². The molecular formula is C14H16FNS. The molecule has 1 aromatic rings. The van der Waals surface area contributed by atoms with Crippen molar-refractivity contribution in [2.45, 2.75) is 48.2 Å². The van der Waals surface area contributed by atoms with Gasteiger partial charge in [0.1, 0.15) is 10.6 Å². The molecule has 0 N–H and O–H groups in total. The fraction of sp³-hybridized carbons (Fsp3) is 0.500. The topological polar surface area (TPSA) is 23.8 Å². The maximum absolute atomic E-state index is 13.1. The number of nitriles is 1. The SMILES string of the molecule is N#CC1(Sc2cccc(F)c2)CCCCCC1. The molecule has 0 saturated heterocycles. The highest BCUT2D eigenvalue weighted by Gasteiger charge is 2.32. The van der Waals surface area contributed by atoms with E-state index in [0.717, 1.165) is 30.6 Å². The number of thioether (sulfide) groups is 1. The molecule has 0 bridgehead atoms. The minimum Gasteiger partial charge on any atom is -0.207 e. The molecule has 2 rings (SSSR count). The first-order chi connectivity index (χ1) is 8.24. The van der Waals surface area contributed by atoms with Crippen molar-refractivity contribution in [2.75, 3.05) is 0 Å². The van der Waals surface area contributed by atoms with Crippen LogP contribution < -0.4 is 0 Å². The summed E-state index contributed by atoms with van der Waals surface area (Å²) in [4.78, 5) is 0.869. The van der Waals surface area contributed by atoms with E-state index in [0.29, 0.717) is 0 Å². The van der Waals surface area contributed by atoms with Crippen LogP contribution in [-0.2, 0) is 0 Å². The molecular weight excluding hydrogens is 233 g/mol. The van der Waals surface area contributed by atoms with Crippen molar-refractivity contribution < 1.29 is 4.39 Å². The third-order valence-electron chi connectivity index (χ3n) is 3.22. The zero-order chi connectivity index (χ0) is 12.1. The molecule has 0 heterocycles. The van der Waals surface area contributed by atoms with E-state index >= 15 is 0 Å². The summed E-state index contributed by atoms with van der Waals surface area (Å²) in [5.74, 6) is -0.225. The summed E-state index contributed by atoms with van der Waals surface area (Å²) in [6.07, 6.45) is 6.49. The highest BCUT2D eigenvalue weighted by Crippen LogP contribution is 2.42. The summed E-state index contributed by atoms with van der Waals surface area (Å²) >= 11 is 1.54. The Morgan fingerprint density at radius 3 is 2.47 bits per heavy atom. The van der Waals surface area contributed by atoms with Crippen LogP contribution in [0.4, 0.5) is 4.39 Å². The molecule has 1 aliphatic carbocycles. The first-order valence-corrected chi connectivity index (χ1v) is 6.92. The lowest BCUT2D eigenvalue weighted by Crippen LogP contribution is -2.20. The monoisotopic (exact) mass is 249 g/mol. The molecule has 0 unspecified atom stereocenters. The molecule has 1 fully saturated rings. The number of hydrogen-bond donors (Lipinski definition) is 0. The summed E-state index contributed by atoms with van der Waals surface area (Å²) in [6, 6.07) is 9.02. The van der Waals surface area contributed by atoms with Gasteiger partial charge >= 0.3 is 0 Å². The maximum atomic E-state index is 13.1. The van der Waals surface area contributed by atoms with Crippen molar-refractivity contribution >= 4 is 11.8 Å². The van der Waals surface area contributed by atoms with E-state index in [2.05, 4.69) is 6.07 Å². The fourth-order valence-corrected chi connectivity index (χ4v) is 3.60. The predicted molar refractivity (Wildman–Crippen MR) is 68.3 cm³/mol. The van der Waals surface area contributed by atoms with Gasteiger partial charge in [-0.15, -0.1) is 11.8 Å². The summed E-state index contributed by atoms with van der Waals surface area (Å²) in [5.41, 5.74) is 0.